The van der Waals surface area contributed by atoms with Gasteiger partial charge in [-0.2, -0.15) is 0 Å². The maximum absolute atomic E-state index is 9.32. The zero-order chi connectivity index (χ0) is 22.5. The second kappa shape index (κ2) is 16.5. The zero-order valence-electron chi connectivity index (χ0n) is 20.6. The van der Waals surface area contributed by atoms with Gasteiger partial charge >= 0.3 is 0 Å². The summed E-state index contributed by atoms with van der Waals surface area (Å²) in [4.78, 5) is 9.70. The van der Waals surface area contributed by atoms with Crippen LogP contribution in [-0.2, 0) is 6.54 Å². The van der Waals surface area contributed by atoms with Gasteiger partial charge in [-0.05, 0) is 82.8 Å². The Kier molecular flexibility index (Phi) is 15.0. The van der Waals surface area contributed by atoms with E-state index < -0.39 is 0 Å². The van der Waals surface area contributed by atoms with Crippen molar-refractivity contribution in [2.45, 2.75) is 66.0 Å². The second-order valence-electron chi connectivity index (χ2n) is 8.69. The Morgan fingerprint density at radius 2 is 1.81 bits per heavy atom. The second-order valence-corrected chi connectivity index (χ2v) is 8.69. The van der Waals surface area contributed by atoms with Crippen LogP contribution in [0.25, 0.3) is 0 Å². The molecule has 0 aromatic heterocycles. The Balaban J connectivity index is 0.00000512. The van der Waals surface area contributed by atoms with E-state index in [1.54, 1.807) is 0 Å². The van der Waals surface area contributed by atoms with Crippen LogP contribution in [0.2, 0.25) is 0 Å². The molecule has 1 atom stereocenters. The predicted octanol–water partition coefficient (Wildman–Crippen LogP) is 4.08. The number of aliphatic hydroxyl groups is 1. The number of guanidine groups is 1. The van der Waals surface area contributed by atoms with Crippen molar-refractivity contribution in [2.24, 2.45) is 10.9 Å². The van der Waals surface area contributed by atoms with Crippen LogP contribution < -0.4 is 15.5 Å². The number of hydrogen-bond acceptors (Lipinski definition) is 4. The maximum Gasteiger partial charge on any atom is 0.191 e. The van der Waals surface area contributed by atoms with Gasteiger partial charge in [0.15, 0.2) is 5.96 Å². The average Bonchev–Trinajstić information content (AvgIpc) is 2.81. The molecule has 3 N–H and O–H groups in total. The monoisotopic (exact) mass is 559 g/mol. The molecular formula is C25H46IN5O. The number of halogens is 1. The molecule has 0 radical (unpaired) electrons. The fourth-order valence-corrected chi connectivity index (χ4v) is 4.14. The molecule has 1 fully saturated rings. The summed E-state index contributed by atoms with van der Waals surface area (Å²) in [6.45, 7) is 16.1. The van der Waals surface area contributed by atoms with Crippen LogP contribution in [0.3, 0.4) is 0 Å². The van der Waals surface area contributed by atoms with E-state index in [-0.39, 0.29) is 24.0 Å². The van der Waals surface area contributed by atoms with Gasteiger partial charge in [-0.3, -0.25) is 0 Å². The quantitative estimate of drug-likeness (QED) is 0.205. The Morgan fingerprint density at radius 3 is 2.38 bits per heavy atom. The zero-order valence-corrected chi connectivity index (χ0v) is 23.0. The molecule has 7 heteroatoms. The first-order chi connectivity index (χ1) is 15.1. The number of aliphatic hydroxyl groups excluding tert-OH is 1. The van der Waals surface area contributed by atoms with Crippen LogP contribution in [0, 0.1) is 5.92 Å². The van der Waals surface area contributed by atoms with Gasteiger partial charge in [-0.25, -0.2) is 4.99 Å². The molecule has 1 aliphatic rings. The summed E-state index contributed by atoms with van der Waals surface area (Å²) in [6, 6.07) is 9.19. The summed E-state index contributed by atoms with van der Waals surface area (Å²) in [6.07, 6.45) is 4.50. The molecular weight excluding hydrogens is 513 g/mol. The van der Waals surface area contributed by atoms with E-state index in [0.29, 0.717) is 25.1 Å². The standard InChI is InChI=1S/C25H45N5O.HI/c1-5-26-25(28-21(4)9-8-16-29(6-2)7-3)27-19-22-10-12-24(13-11-22)30-17-14-23(20-31)15-18-30;/h10-13,21,23,31H,5-9,14-20H2,1-4H3,(H2,26,27,28);1H. The summed E-state index contributed by atoms with van der Waals surface area (Å²) in [5.41, 5.74) is 2.50. The van der Waals surface area contributed by atoms with Crippen LogP contribution in [0.5, 0.6) is 0 Å². The molecule has 1 unspecified atom stereocenters. The molecule has 2 rings (SSSR count). The molecule has 0 spiro atoms. The lowest BCUT2D eigenvalue weighted by Gasteiger charge is -2.32. The van der Waals surface area contributed by atoms with Crippen molar-refractivity contribution in [1.82, 2.24) is 15.5 Å². The Labute approximate surface area is 213 Å². The average molecular weight is 560 g/mol. The summed E-state index contributed by atoms with van der Waals surface area (Å²) < 4.78 is 0. The molecule has 0 bridgehead atoms. The Morgan fingerprint density at radius 1 is 1.16 bits per heavy atom. The number of piperidine rings is 1. The van der Waals surface area contributed by atoms with Crippen molar-refractivity contribution in [3.63, 3.8) is 0 Å². The first-order valence-electron chi connectivity index (χ1n) is 12.3. The highest BCUT2D eigenvalue weighted by Gasteiger charge is 2.18. The number of hydrogen-bond donors (Lipinski definition) is 3. The van der Waals surface area contributed by atoms with Crippen LogP contribution in [0.4, 0.5) is 5.69 Å². The minimum absolute atomic E-state index is 0. The Bertz CT molecular complexity index is 628. The van der Waals surface area contributed by atoms with Crippen molar-refractivity contribution in [3.05, 3.63) is 29.8 Å². The molecule has 1 aromatic carbocycles. The minimum Gasteiger partial charge on any atom is -0.396 e. The van der Waals surface area contributed by atoms with Gasteiger partial charge in [-0.1, -0.05) is 26.0 Å². The molecule has 1 aliphatic heterocycles. The summed E-state index contributed by atoms with van der Waals surface area (Å²) in [5.74, 6) is 1.37. The van der Waals surface area contributed by atoms with Gasteiger partial charge in [0.25, 0.3) is 0 Å². The van der Waals surface area contributed by atoms with E-state index in [1.165, 1.54) is 17.7 Å². The number of nitrogens with zero attached hydrogens (tertiary/aromatic N) is 3. The third-order valence-corrected chi connectivity index (χ3v) is 6.33. The van der Waals surface area contributed by atoms with E-state index in [9.17, 15) is 5.11 Å². The Hall–Kier alpha value is -1.06. The van der Waals surface area contributed by atoms with Crippen LogP contribution in [-0.4, -0.2) is 67.9 Å². The minimum atomic E-state index is 0. The smallest absolute Gasteiger partial charge is 0.191 e. The van der Waals surface area contributed by atoms with E-state index in [2.05, 4.69) is 72.4 Å². The first kappa shape index (κ1) is 29.0. The highest BCUT2D eigenvalue weighted by molar-refractivity contribution is 14.0. The SMILES string of the molecule is CCNC(=NCc1ccc(N2CCC(CO)CC2)cc1)NC(C)CCCN(CC)CC.I. The van der Waals surface area contributed by atoms with Crippen LogP contribution in [0.15, 0.2) is 29.3 Å². The molecule has 1 saturated heterocycles. The number of rotatable bonds is 12. The van der Waals surface area contributed by atoms with Gasteiger partial charge in [-0.15, -0.1) is 24.0 Å². The lowest BCUT2D eigenvalue weighted by Crippen LogP contribution is -2.42. The first-order valence-corrected chi connectivity index (χ1v) is 12.3. The van der Waals surface area contributed by atoms with Gasteiger partial charge in [0.05, 0.1) is 6.54 Å². The topological polar surface area (TPSA) is 63.1 Å². The van der Waals surface area contributed by atoms with E-state index in [0.717, 1.165) is 64.5 Å². The molecule has 6 nitrogen and oxygen atoms in total. The largest absolute Gasteiger partial charge is 0.396 e. The molecule has 184 valence electrons. The molecule has 0 saturated carbocycles. The maximum atomic E-state index is 9.32. The highest BCUT2D eigenvalue weighted by atomic mass is 127. The number of nitrogens with one attached hydrogen (secondary N) is 2. The van der Waals surface area contributed by atoms with Crippen molar-refractivity contribution >= 4 is 35.6 Å². The van der Waals surface area contributed by atoms with Crippen molar-refractivity contribution in [3.8, 4) is 0 Å². The molecule has 1 heterocycles. The molecule has 32 heavy (non-hydrogen) atoms. The molecule has 0 aliphatic carbocycles. The number of benzene rings is 1. The fourth-order valence-electron chi connectivity index (χ4n) is 4.14. The van der Waals surface area contributed by atoms with E-state index in [4.69, 9.17) is 4.99 Å². The van der Waals surface area contributed by atoms with Gasteiger partial charge in [0.1, 0.15) is 0 Å². The summed E-state index contributed by atoms with van der Waals surface area (Å²) in [5, 5.41) is 16.3. The fraction of sp³-hybridized carbons (Fsp3) is 0.720. The highest BCUT2D eigenvalue weighted by Crippen LogP contribution is 2.23. The lowest BCUT2D eigenvalue weighted by atomic mass is 9.97. The van der Waals surface area contributed by atoms with Crippen molar-refractivity contribution in [2.75, 3.05) is 50.8 Å². The number of anilines is 1. The normalized spacial score (nSPS) is 16.1. The van der Waals surface area contributed by atoms with E-state index >= 15 is 0 Å². The van der Waals surface area contributed by atoms with E-state index in [1.807, 2.05) is 0 Å². The summed E-state index contributed by atoms with van der Waals surface area (Å²) >= 11 is 0. The van der Waals surface area contributed by atoms with Crippen molar-refractivity contribution in [1.29, 1.82) is 0 Å². The molecule has 0 amide bonds. The third kappa shape index (κ3) is 10.3. The van der Waals surface area contributed by atoms with Crippen molar-refractivity contribution < 1.29 is 5.11 Å². The number of aliphatic imine (C=N–C) groups is 1. The predicted molar refractivity (Wildman–Crippen MR) is 148 cm³/mol. The summed E-state index contributed by atoms with van der Waals surface area (Å²) in [7, 11) is 0. The third-order valence-electron chi connectivity index (χ3n) is 6.33. The van der Waals surface area contributed by atoms with Crippen LogP contribution in [0.1, 0.15) is 58.9 Å². The van der Waals surface area contributed by atoms with Gasteiger partial charge < -0.3 is 25.5 Å². The lowest BCUT2D eigenvalue weighted by molar-refractivity contribution is 0.203. The van der Waals surface area contributed by atoms with Gasteiger partial charge in [0, 0.05) is 38.0 Å². The molecule has 1 aromatic rings. The van der Waals surface area contributed by atoms with Gasteiger partial charge in [0.2, 0.25) is 0 Å². The van der Waals surface area contributed by atoms with Crippen LogP contribution >= 0.6 is 24.0 Å².